The van der Waals surface area contributed by atoms with Gasteiger partial charge in [-0.15, -0.1) is 0 Å². The predicted octanol–water partition coefficient (Wildman–Crippen LogP) is 3.23. The van der Waals surface area contributed by atoms with Gasteiger partial charge in [0.15, 0.2) is 0 Å². The second-order valence-corrected chi connectivity index (χ2v) is 6.04. The van der Waals surface area contributed by atoms with Crippen molar-refractivity contribution in [2.24, 2.45) is 11.7 Å². The zero-order chi connectivity index (χ0) is 12.3. The Morgan fingerprint density at radius 3 is 2.59 bits per heavy atom. The zero-order valence-electron chi connectivity index (χ0n) is 10.3. The molecule has 3 unspecified atom stereocenters. The van der Waals surface area contributed by atoms with Crippen molar-refractivity contribution in [1.29, 1.82) is 0 Å². The molecule has 0 bridgehead atoms. The van der Waals surface area contributed by atoms with Crippen LogP contribution in [0.3, 0.4) is 0 Å². The third-order valence-corrected chi connectivity index (χ3v) is 4.17. The quantitative estimate of drug-likeness (QED) is 0.895. The number of rotatable bonds is 4. The maximum atomic E-state index is 5.88. The Kier molecular flexibility index (Phi) is 4.60. The highest BCUT2D eigenvalue weighted by atomic mass is 79.9. The third-order valence-electron chi connectivity index (χ3n) is 3.64. The van der Waals surface area contributed by atoms with Gasteiger partial charge in [-0.2, -0.15) is 0 Å². The molecule has 1 aromatic rings. The lowest BCUT2D eigenvalue weighted by Gasteiger charge is -2.22. The SMILES string of the molecule is CC1CCC(NC(CN)c2ccc(Br)cc2)C1. The molecule has 1 aromatic carbocycles. The van der Waals surface area contributed by atoms with Crippen molar-refractivity contribution in [3.8, 4) is 0 Å². The molecule has 17 heavy (non-hydrogen) atoms. The van der Waals surface area contributed by atoms with E-state index in [0.717, 1.165) is 10.4 Å². The van der Waals surface area contributed by atoms with Gasteiger partial charge in [0.1, 0.15) is 0 Å². The van der Waals surface area contributed by atoms with E-state index in [1.807, 2.05) is 0 Å². The van der Waals surface area contributed by atoms with Crippen molar-refractivity contribution < 1.29 is 0 Å². The summed E-state index contributed by atoms with van der Waals surface area (Å²) in [7, 11) is 0. The second kappa shape index (κ2) is 5.98. The van der Waals surface area contributed by atoms with Gasteiger partial charge in [0.2, 0.25) is 0 Å². The van der Waals surface area contributed by atoms with Gasteiger partial charge in [-0.3, -0.25) is 0 Å². The minimum atomic E-state index is 0.290. The highest BCUT2D eigenvalue weighted by Gasteiger charge is 2.23. The monoisotopic (exact) mass is 296 g/mol. The van der Waals surface area contributed by atoms with Crippen LogP contribution in [0.15, 0.2) is 28.7 Å². The molecule has 94 valence electrons. The first-order valence-electron chi connectivity index (χ1n) is 6.40. The Morgan fingerprint density at radius 2 is 2.06 bits per heavy atom. The fraction of sp³-hybridized carbons (Fsp3) is 0.571. The Hall–Kier alpha value is -0.380. The average molecular weight is 297 g/mol. The lowest BCUT2D eigenvalue weighted by molar-refractivity contribution is 0.434. The molecule has 3 N–H and O–H groups in total. The molecule has 0 amide bonds. The van der Waals surface area contributed by atoms with Crippen LogP contribution >= 0.6 is 15.9 Å². The van der Waals surface area contributed by atoms with Crippen molar-refractivity contribution in [2.45, 2.75) is 38.3 Å². The summed E-state index contributed by atoms with van der Waals surface area (Å²) >= 11 is 3.46. The van der Waals surface area contributed by atoms with Crippen LogP contribution in [0.1, 0.15) is 37.8 Å². The fourth-order valence-electron chi connectivity index (χ4n) is 2.64. The van der Waals surface area contributed by atoms with Crippen LogP contribution in [-0.4, -0.2) is 12.6 Å². The molecule has 0 heterocycles. The summed E-state index contributed by atoms with van der Waals surface area (Å²) < 4.78 is 1.12. The van der Waals surface area contributed by atoms with Crippen LogP contribution in [-0.2, 0) is 0 Å². The van der Waals surface area contributed by atoms with Gasteiger partial charge >= 0.3 is 0 Å². The van der Waals surface area contributed by atoms with E-state index in [0.29, 0.717) is 18.6 Å². The zero-order valence-corrected chi connectivity index (χ0v) is 11.9. The van der Waals surface area contributed by atoms with Crippen LogP contribution < -0.4 is 11.1 Å². The number of nitrogens with one attached hydrogen (secondary N) is 1. The van der Waals surface area contributed by atoms with E-state index in [1.165, 1.54) is 24.8 Å². The first kappa shape index (κ1) is 13.1. The molecular formula is C14H21BrN2. The maximum absolute atomic E-state index is 5.88. The summed E-state index contributed by atoms with van der Waals surface area (Å²) in [5.74, 6) is 0.857. The molecule has 0 spiro atoms. The van der Waals surface area contributed by atoms with Gasteiger partial charge in [-0.25, -0.2) is 0 Å². The van der Waals surface area contributed by atoms with E-state index in [4.69, 9.17) is 5.73 Å². The Bertz CT molecular complexity index is 350. The van der Waals surface area contributed by atoms with Crippen molar-refractivity contribution in [3.63, 3.8) is 0 Å². The molecule has 2 nitrogen and oxygen atoms in total. The van der Waals surface area contributed by atoms with E-state index in [9.17, 15) is 0 Å². The summed E-state index contributed by atoms with van der Waals surface area (Å²) in [6, 6.07) is 9.38. The summed E-state index contributed by atoms with van der Waals surface area (Å²) in [4.78, 5) is 0. The molecule has 1 fully saturated rings. The first-order valence-corrected chi connectivity index (χ1v) is 7.20. The van der Waals surface area contributed by atoms with Crippen LogP contribution in [0.2, 0.25) is 0 Å². The first-order chi connectivity index (χ1) is 8.19. The number of halogens is 1. The molecule has 0 aromatic heterocycles. The van der Waals surface area contributed by atoms with Gasteiger partial charge in [-0.05, 0) is 42.9 Å². The number of hydrogen-bond acceptors (Lipinski definition) is 2. The third kappa shape index (κ3) is 3.54. The molecule has 1 aliphatic rings. The van der Waals surface area contributed by atoms with Gasteiger partial charge in [0, 0.05) is 23.1 Å². The molecule has 1 saturated carbocycles. The molecular weight excluding hydrogens is 276 g/mol. The molecule has 0 saturated heterocycles. The summed E-state index contributed by atoms with van der Waals surface area (Å²) in [6.07, 6.45) is 3.91. The molecule has 3 heteroatoms. The normalized spacial score (nSPS) is 26.1. The maximum Gasteiger partial charge on any atom is 0.0446 e. The van der Waals surface area contributed by atoms with E-state index in [2.05, 4.69) is 52.4 Å². The summed E-state index contributed by atoms with van der Waals surface area (Å²) in [5.41, 5.74) is 7.17. The van der Waals surface area contributed by atoms with Crippen molar-refractivity contribution in [1.82, 2.24) is 5.32 Å². The summed E-state index contributed by atoms with van der Waals surface area (Å²) in [6.45, 7) is 2.99. The minimum absolute atomic E-state index is 0.290. The van der Waals surface area contributed by atoms with Crippen LogP contribution in [0.25, 0.3) is 0 Å². The van der Waals surface area contributed by atoms with E-state index < -0.39 is 0 Å². The van der Waals surface area contributed by atoms with Crippen LogP contribution in [0.4, 0.5) is 0 Å². The lowest BCUT2D eigenvalue weighted by Crippen LogP contribution is -2.35. The Balaban J connectivity index is 1.98. The van der Waals surface area contributed by atoms with Crippen molar-refractivity contribution in [2.75, 3.05) is 6.54 Å². The Labute approximate surface area is 112 Å². The van der Waals surface area contributed by atoms with Gasteiger partial charge in [0.25, 0.3) is 0 Å². The molecule has 1 aliphatic carbocycles. The molecule has 0 aliphatic heterocycles. The highest BCUT2D eigenvalue weighted by molar-refractivity contribution is 9.10. The van der Waals surface area contributed by atoms with E-state index in [1.54, 1.807) is 0 Å². The van der Waals surface area contributed by atoms with Crippen molar-refractivity contribution >= 4 is 15.9 Å². The fourth-order valence-corrected chi connectivity index (χ4v) is 2.90. The minimum Gasteiger partial charge on any atom is -0.329 e. The second-order valence-electron chi connectivity index (χ2n) is 5.12. The van der Waals surface area contributed by atoms with E-state index in [-0.39, 0.29) is 0 Å². The highest BCUT2D eigenvalue weighted by Crippen LogP contribution is 2.27. The molecule has 3 atom stereocenters. The lowest BCUT2D eigenvalue weighted by atomic mass is 10.1. The largest absolute Gasteiger partial charge is 0.329 e. The van der Waals surface area contributed by atoms with Crippen LogP contribution in [0, 0.1) is 5.92 Å². The van der Waals surface area contributed by atoms with E-state index >= 15 is 0 Å². The molecule has 0 radical (unpaired) electrons. The average Bonchev–Trinajstić information content (AvgIpc) is 2.73. The van der Waals surface area contributed by atoms with Gasteiger partial charge < -0.3 is 11.1 Å². The smallest absolute Gasteiger partial charge is 0.0446 e. The predicted molar refractivity (Wildman–Crippen MR) is 75.9 cm³/mol. The number of hydrogen-bond donors (Lipinski definition) is 2. The van der Waals surface area contributed by atoms with Crippen LogP contribution in [0.5, 0.6) is 0 Å². The summed E-state index contributed by atoms with van der Waals surface area (Å²) in [5, 5.41) is 3.69. The van der Waals surface area contributed by atoms with Gasteiger partial charge in [0.05, 0.1) is 0 Å². The Morgan fingerprint density at radius 1 is 1.35 bits per heavy atom. The number of benzene rings is 1. The number of nitrogens with two attached hydrogens (primary N) is 1. The van der Waals surface area contributed by atoms with Gasteiger partial charge in [-0.1, -0.05) is 35.0 Å². The standard InChI is InChI=1S/C14H21BrN2/c1-10-2-7-13(8-10)17-14(9-16)11-3-5-12(15)6-4-11/h3-6,10,13-14,17H,2,7-9,16H2,1H3. The van der Waals surface area contributed by atoms with Crippen molar-refractivity contribution in [3.05, 3.63) is 34.3 Å². The molecule has 2 rings (SSSR count). The topological polar surface area (TPSA) is 38.0 Å².